The highest BCUT2D eigenvalue weighted by atomic mass is 35.5. The summed E-state index contributed by atoms with van der Waals surface area (Å²) in [6.07, 6.45) is 0. The van der Waals surface area contributed by atoms with E-state index in [0.29, 0.717) is 59.4 Å². The molecular weight excluding hydrogens is 424 g/mol. The Kier molecular flexibility index (Phi) is 5.27. The third kappa shape index (κ3) is 3.97. The third-order valence-electron chi connectivity index (χ3n) is 5.24. The zero-order chi connectivity index (χ0) is 21.4. The molecule has 0 radical (unpaired) electrons. The van der Waals surface area contributed by atoms with E-state index in [-0.39, 0.29) is 36.1 Å². The summed E-state index contributed by atoms with van der Waals surface area (Å²) in [5, 5.41) is 3.52. The van der Waals surface area contributed by atoms with Crippen LogP contribution >= 0.6 is 11.6 Å². The van der Waals surface area contributed by atoms with Gasteiger partial charge in [0.05, 0.1) is 30.7 Å². The Morgan fingerprint density at radius 3 is 2.71 bits per heavy atom. The van der Waals surface area contributed by atoms with Gasteiger partial charge in [-0.25, -0.2) is 0 Å². The highest BCUT2D eigenvalue weighted by molar-refractivity contribution is 6.31. The van der Waals surface area contributed by atoms with E-state index in [1.165, 1.54) is 0 Å². The normalized spacial score (nSPS) is 15.9. The number of nitrogens with zero attached hydrogens (tertiary/aromatic N) is 1. The van der Waals surface area contributed by atoms with Crippen molar-refractivity contribution in [2.75, 3.05) is 45.0 Å². The molecule has 160 valence electrons. The minimum Gasteiger partial charge on any atom is -0.454 e. The van der Waals surface area contributed by atoms with Gasteiger partial charge in [-0.05, 0) is 35.9 Å². The third-order valence-corrected chi connectivity index (χ3v) is 5.47. The molecule has 2 aliphatic heterocycles. The van der Waals surface area contributed by atoms with Gasteiger partial charge < -0.3 is 18.6 Å². The molecule has 2 aliphatic rings. The van der Waals surface area contributed by atoms with Crippen LogP contribution in [0.2, 0.25) is 5.02 Å². The van der Waals surface area contributed by atoms with E-state index in [2.05, 4.69) is 5.32 Å². The van der Waals surface area contributed by atoms with E-state index in [1.54, 1.807) is 36.4 Å². The highest BCUT2D eigenvalue weighted by Gasteiger charge is 2.23. The molecule has 0 saturated carbocycles. The van der Waals surface area contributed by atoms with Crippen molar-refractivity contribution in [2.24, 2.45) is 0 Å². The van der Waals surface area contributed by atoms with Crippen LogP contribution < -0.4 is 20.2 Å². The maximum atomic E-state index is 13.4. The maximum absolute atomic E-state index is 13.4. The fourth-order valence-corrected chi connectivity index (χ4v) is 3.87. The fraction of sp³-hybridized carbons (Fsp3) is 0.273. The van der Waals surface area contributed by atoms with Crippen molar-refractivity contribution >= 4 is 34.4 Å². The van der Waals surface area contributed by atoms with Crippen LogP contribution in [0.3, 0.4) is 0 Å². The Balaban J connectivity index is 1.57. The number of amides is 1. The number of hydrogen-bond donors (Lipinski definition) is 1. The summed E-state index contributed by atoms with van der Waals surface area (Å²) in [6, 6.07) is 9.94. The van der Waals surface area contributed by atoms with Gasteiger partial charge >= 0.3 is 0 Å². The molecule has 5 rings (SSSR count). The monoisotopic (exact) mass is 442 g/mol. The van der Waals surface area contributed by atoms with Crippen molar-refractivity contribution in [1.82, 2.24) is 4.90 Å². The Labute approximate surface area is 182 Å². The lowest BCUT2D eigenvalue weighted by Crippen LogP contribution is -2.41. The second kappa shape index (κ2) is 8.22. The molecule has 2 aromatic carbocycles. The highest BCUT2D eigenvalue weighted by Crippen LogP contribution is 2.38. The number of rotatable bonds is 4. The van der Waals surface area contributed by atoms with Gasteiger partial charge in [-0.2, -0.15) is 0 Å². The number of hydrogen-bond acceptors (Lipinski definition) is 7. The second-order valence-corrected chi connectivity index (χ2v) is 7.72. The lowest BCUT2D eigenvalue weighted by atomic mass is 10.0. The Hall–Kier alpha value is -3.07. The lowest BCUT2D eigenvalue weighted by molar-refractivity contribution is -0.118. The average Bonchev–Trinajstić information content (AvgIpc) is 3.23. The van der Waals surface area contributed by atoms with Gasteiger partial charge in [-0.3, -0.25) is 19.8 Å². The molecule has 3 heterocycles. The zero-order valence-electron chi connectivity index (χ0n) is 16.5. The standard InChI is InChI=1S/C22H19ClN2O6/c23-14-2-4-16-15(10-14)21(27)20(13-1-3-17-18(9-13)30-12-29-17)22(31-16)24-19(26)11-25-5-7-28-8-6-25/h1-4,9-10H,5-8,11-12H2,(H,24,26). The molecule has 0 spiro atoms. The van der Waals surface area contributed by atoms with E-state index in [1.807, 2.05) is 4.90 Å². The number of carbonyl (C=O) groups excluding carboxylic acids is 1. The minimum absolute atomic E-state index is 0.0805. The number of morpholine rings is 1. The van der Waals surface area contributed by atoms with Crippen LogP contribution in [0.15, 0.2) is 45.6 Å². The van der Waals surface area contributed by atoms with E-state index in [4.69, 9.17) is 30.2 Å². The van der Waals surface area contributed by atoms with Gasteiger partial charge in [0.1, 0.15) is 5.58 Å². The van der Waals surface area contributed by atoms with E-state index >= 15 is 0 Å². The average molecular weight is 443 g/mol. The molecule has 0 bridgehead atoms. The molecule has 0 unspecified atom stereocenters. The Morgan fingerprint density at radius 1 is 1.06 bits per heavy atom. The number of carbonyl (C=O) groups is 1. The van der Waals surface area contributed by atoms with Gasteiger partial charge in [0, 0.05) is 18.1 Å². The predicted molar refractivity (Wildman–Crippen MR) is 115 cm³/mol. The quantitative estimate of drug-likeness (QED) is 0.663. The molecule has 31 heavy (non-hydrogen) atoms. The van der Waals surface area contributed by atoms with Crippen molar-refractivity contribution in [3.63, 3.8) is 0 Å². The van der Waals surface area contributed by atoms with Crippen LogP contribution in [0, 0.1) is 0 Å². The number of halogens is 1. The number of fused-ring (bicyclic) bond motifs is 2. The van der Waals surface area contributed by atoms with Crippen LogP contribution in [-0.4, -0.2) is 50.4 Å². The summed E-state index contributed by atoms with van der Waals surface area (Å²) in [6.45, 7) is 2.80. The van der Waals surface area contributed by atoms with Gasteiger partial charge in [0.2, 0.25) is 24.0 Å². The largest absolute Gasteiger partial charge is 0.454 e. The first-order valence-electron chi connectivity index (χ1n) is 9.85. The summed E-state index contributed by atoms with van der Waals surface area (Å²) >= 11 is 6.10. The first-order valence-corrected chi connectivity index (χ1v) is 10.2. The Bertz CT molecular complexity index is 1220. The van der Waals surface area contributed by atoms with Crippen molar-refractivity contribution in [2.45, 2.75) is 0 Å². The summed E-state index contributed by atoms with van der Waals surface area (Å²) in [5.74, 6) is 0.917. The van der Waals surface area contributed by atoms with Gasteiger partial charge in [0.15, 0.2) is 11.5 Å². The smallest absolute Gasteiger partial charge is 0.240 e. The van der Waals surface area contributed by atoms with Crippen molar-refractivity contribution < 1.29 is 23.4 Å². The van der Waals surface area contributed by atoms with E-state index < -0.39 is 0 Å². The maximum Gasteiger partial charge on any atom is 0.240 e. The minimum atomic E-state index is -0.302. The van der Waals surface area contributed by atoms with Crippen LogP contribution in [0.5, 0.6) is 11.5 Å². The summed E-state index contributed by atoms with van der Waals surface area (Å²) in [7, 11) is 0. The molecule has 1 aromatic heterocycles. The summed E-state index contributed by atoms with van der Waals surface area (Å²) in [4.78, 5) is 28.1. The zero-order valence-corrected chi connectivity index (χ0v) is 17.2. The SMILES string of the molecule is O=C(CN1CCOCC1)Nc1oc2ccc(Cl)cc2c(=O)c1-c1ccc2c(c1)OCO2. The van der Waals surface area contributed by atoms with E-state index in [9.17, 15) is 9.59 Å². The number of benzene rings is 2. The topological polar surface area (TPSA) is 90.2 Å². The molecule has 0 atom stereocenters. The second-order valence-electron chi connectivity index (χ2n) is 7.28. The first-order chi connectivity index (χ1) is 15.1. The van der Waals surface area contributed by atoms with Crippen molar-refractivity contribution in [1.29, 1.82) is 0 Å². The van der Waals surface area contributed by atoms with Crippen molar-refractivity contribution in [3.8, 4) is 22.6 Å². The first kappa shape index (κ1) is 19.9. The predicted octanol–water partition coefficient (Wildman–Crippen LogP) is 3.11. The van der Waals surface area contributed by atoms with Gasteiger partial charge in [-0.1, -0.05) is 17.7 Å². The van der Waals surface area contributed by atoms with Crippen LogP contribution in [0.1, 0.15) is 0 Å². The molecule has 9 heteroatoms. The number of anilines is 1. The molecule has 1 amide bonds. The van der Waals surface area contributed by atoms with Crippen LogP contribution in [-0.2, 0) is 9.53 Å². The summed E-state index contributed by atoms with van der Waals surface area (Å²) in [5.41, 5.74) is 0.801. The van der Waals surface area contributed by atoms with E-state index in [0.717, 1.165) is 0 Å². The molecule has 3 aromatic rings. The summed E-state index contributed by atoms with van der Waals surface area (Å²) < 4.78 is 22.1. The molecule has 1 N–H and O–H groups in total. The van der Waals surface area contributed by atoms with Crippen molar-refractivity contribution in [3.05, 3.63) is 51.6 Å². The fourth-order valence-electron chi connectivity index (χ4n) is 3.70. The number of ether oxygens (including phenoxy) is 3. The molecule has 1 saturated heterocycles. The molecule has 1 fully saturated rings. The van der Waals surface area contributed by atoms with Gasteiger partial charge in [0.25, 0.3) is 0 Å². The van der Waals surface area contributed by atoms with Crippen LogP contribution in [0.25, 0.3) is 22.1 Å². The molecular formula is C22H19ClN2O6. The Morgan fingerprint density at radius 2 is 1.87 bits per heavy atom. The number of nitrogens with one attached hydrogen (secondary N) is 1. The molecule has 0 aliphatic carbocycles. The van der Waals surface area contributed by atoms with Gasteiger partial charge in [-0.15, -0.1) is 0 Å². The molecule has 8 nitrogen and oxygen atoms in total. The lowest BCUT2D eigenvalue weighted by Gasteiger charge is -2.25. The van der Waals surface area contributed by atoms with Crippen LogP contribution in [0.4, 0.5) is 5.88 Å².